The Bertz CT molecular complexity index is 1880. The molecular weight excluding hydrogens is 476 g/mol. The van der Waals surface area contributed by atoms with Crippen LogP contribution in [0.15, 0.2) is 70.3 Å². The molecule has 1 aliphatic rings. The van der Waals surface area contributed by atoms with Crippen LogP contribution in [-0.4, -0.2) is 13.7 Å². The molecule has 6 rings (SSSR count). The standard InChI is InChI=1S/C29H23F2N3O3/c1-15-12-13-21-20(14-15)34-24(17-9-6-5-8-16(17)2)22-25(32(3)29(36)33(4)28(22)35)26(34)27(37-21)18-10-7-11-19(30)23(18)31/h5-14,27H,1-4H3/t27-/m0/s1. The number of benzene rings is 3. The molecule has 37 heavy (non-hydrogen) atoms. The lowest BCUT2D eigenvalue weighted by Gasteiger charge is -2.30. The zero-order valence-electron chi connectivity index (χ0n) is 20.7. The largest absolute Gasteiger partial charge is 0.477 e. The number of nitrogens with zero attached hydrogens (tertiary/aromatic N) is 3. The fraction of sp³-hybridized carbons (Fsp3) is 0.172. The van der Waals surface area contributed by atoms with Crippen LogP contribution in [0.5, 0.6) is 5.75 Å². The Morgan fingerprint density at radius 1 is 0.892 bits per heavy atom. The van der Waals surface area contributed by atoms with E-state index in [-0.39, 0.29) is 5.56 Å². The van der Waals surface area contributed by atoms with Crippen molar-refractivity contribution in [3.63, 3.8) is 0 Å². The van der Waals surface area contributed by atoms with Gasteiger partial charge in [-0.15, -0.1) is 0 Å². The van der Waals surface area contributed by atoms with E-state index in [4.69, 9.17) is 4.74 Å². The molecule has 0 radical (unpaired) electrons. The summed E-state index contributed by atoms with van der Waals surface area (Å²) in [7, 11) is 3.00. The highest BCUT2D eigenvalue weighted by molar-refractivity contribution is 5.99. The molecule has 5 aromatic rings. The molecule has 0 bridgehead atoms. The minimum Gasteiger partial charge on any atom is -0.477 e. The summed E-state index contributed by atoms with van der Waals surface area (Å²) in [6, 6.07) is 17.1. The molecule has 1 atom stereocenters. The zero-order valence-corrected chi connectivity index (χ0v) is 20.7. The lowest BCUT2D eigenvalue weighted by Crippen LogP contribution is -2.37. The van der Waals surface area contributed by atoms with Gasteiger partial charge in [0.15, 0.2) is 17.7 Å². The molecule has 0 saturated heterocycles. The maximum atomic E-state index is 15.2. The number of halogens is 2. The van der Waals surface area contributed by atoms with Gasteiger partial charge >= 0.3 is 5.69 Å². The minimum absolute atomic E-state index is 0.0312. The highest BCUT2D eigenvalue weighted by atomic mass is 19.2. The summed E-state index contributed by atoms with van der Waals surface area (Å²) in [5, 5.41) is 0.300. The van der Waals surface area contributed by atoms with E-state index in [1.54, 1.807) is 13.1 Å². The predicted molar refractivity (Wildman–Crippen MR) is 137 cm³/mol. The van der Waals surface area contributed by atoms with Crippen molar-refractivity contribution in [3.05, 3.63) is 116 Å². The van der Waals surface area contributed by atoms with Crippen LogP contribution in [0.4, 0.5) is 8.78 Å². The molecule has 0 amide bonds. The third-order valence-electron chi connectivity index (χ3n) is 7.12. The fourth-order valence-corrected chi connectivity index (χ4v) is 5.30. The fourth-order valence-electron chi connectivity index (χ4n) is 5.30. The Morgan fingerprint density at radius 2 is 1.65 bits per heavy atom. The highest BCUT2D eigenvalue weighted by Crippen LogP contribution is 2.47. The van der Waals surface area contributed by atoms with E-state index in [0.717, 1.165) is 27.3 Å². The van der Waals surface area contributed by atoms with Crippen LogP contribution >= 0.6 is 0 Å². The lowest BCUT2D eigenvalue weighted by atomic mass is 10.0. The average molecular weight is 500 g/mol. The van der Waals surface area contributed by atoms with E-state index in [0.29, 0.717) is 33.7 Å². The van der Waals surface area contributed by atoms with Gasteiger partial charge in [-0.2, -0.15) is 0 Å². The van der Waals surface area contributed by atoms with Gasteiger partial charge in [0.2, 0.25) is 0 Å². The van der Waals surface area contributed by atoms with Gasteiger partial charge in [-0.1, -0.05) is 42.5 Å². The average Bonchev–Trinajstić information content (AvgIpc) is 3.24. The number of rotatable bonds is 2. The molecule has 0 aliphatic carbocycles. The summed E-state index contributed by atoms with van der Waals surface area (Å²) in [5.41, 5.74) is 3.50. The predicted octanol–water partition coefficient (Wildman–Crippen LogP) is 5.07. The van der Waals surface area contributed by atoms with Crippen molar-refractivity contribution in [2.45, 2.75) is 20.0 Å². The topological polar surface area (TPSA) is 58.2 Å². The van der Waals surface area contributed by atoms with Crippen molar-refractivity contribution < 1.29 is 13.5 Å². The molecule has 2 aromatic heterocycles. The Balaban J connectivity index is 1.91. The molecule has 0 spiro atoms. The Labute approximate surface area is 210 Å². The van der Waals surface area contributed by atoms with Crippen molar-refractivity contribution in [2.24, 2.45) is 14.1 Å². The maximum absolute atomic E-state index is 15.2. The first kappa shape index (κ1) is 23.0. The van der Waals surface area contributed by atoms with E-state index in [1.165, 1.54) is 23.7 Å². The van der Waals surface area contributed by atoms with Crippen molar-refractivity contribution >= 4 is 10.9 Å². The van der Waals surface area contributed by atoms with Crippen molar-refractivity contribution in [3.8, 4) is 22.7 Å². The van der Waals surface area contributed by atoms with Gasteiger partial charge in [-0.05, 0) is 43.2 Å². The Morgan fingerprint density at radius 3 is 2.41 bits per heavy atom. The number of ether oxygens (including phenoxy) is 1. The smallest absolute Gasteiger partial charge is 0.331 e. The molecule has 8 heteroatoms. The number of hydrogen-bond donors (Lipinski definition) is 0. The molecule has 0 saturated carbocycles. The molecule has 6 nitrogen and oxygen atoms in total. The first-order valence-electron chi connectivity index (χ1n) is 11.8. The summed E-state index contributed by atoms with van der Waals surface area (Å²) >= 11 is 0. The van der Waals surface area contributed by atoms with E-state index in [1.807, 2.05) is 54.8 Å². The molecular formula is C29H23F2N3O3. The summed E-state index contributed by atoms with van der Waals surface area (Å²) in [6.45, 7) is 3.87. The van der Waals surface area contributed by atoms with Gasteiger partial charge in [-0.3, -0.25) is 13.9 Å². The van der Waals surface area contributed by atoms with E-state index < -0.39 is 29.0 Å². The van der Waals surface area contributed by atoms with Crippen molar-refractivity contribution in [1.82, 2.24) is 13.7 Å². The molecule has 0 fully saturated rings. The lowest BCUT2D eigenvalue weighted by molar-refractivity contribution is 0.222. The van der Waals surface area contributed by atoms with Crippen LogP contribution in [0, 0.1) is 25.5 Å². The minimum atomic E-state index is -1.12. The Kier molecular flexibility index (Phi) is 4.98. The van der Waals surface area contributed by atoms with E-state index >= 15 is 4.39 Å². The van der Waals surface area contributed by atoms with Gasteiger partial charge < -0.3 is 9.30 Å². The van der Waals surface area contributed by atoms with Crippen molar-refractivity contribution in [2.75, 3.05) is 0 Å². The molecule has 3 aromatic carbocycles. The van der Waals surface area contributed by atoms with Crippen LogP contribution in [0.1, 0.15) is 28.5 Å². The molecule has 186 valence electrons. The van der Waals surface area contributed by atoms with Gasteiger partial charge in [0.1, 0.15) is 5.75 Å². The molecule has 3 heterocycles. The molecule has 1 aliphatic heterocycles. The second-order valence-electron chi connectivity index (χ2n) is 9.43. The summed E-state index contributed by atoms with van der Waals surface area (Å²) in [6.07, 6.45) is -1.12. The summed E-state index contributed by atoms with van der Waals surface area (Å²) in [5.74, 6) is -1.61. The van der Waals surface area contributed by atoms with Gasteiger partial charge in [0.25, 0.3) is 5.56 Å². The third-order valence-corrected chi connectivity index (χ3v) is 7.12. The summed E-state index contributed by atoms with van der Waals surface area (Å²) in [4.78, 5) is 26.8. The van der Waals surface area contributed by atoms with Crippen LogP contribution in [0.3, 0.4) is 0 Å². The first-order chi connectivity index (χ1) is 17.7. The van der Waals surface area contributed by atoms with Crippen LogP contribution in [-0.2, 0) is 14.1 Å². The van der Waals surface area contributed by atoms with Crippen LogP contribution in [0.2, 0.25) is 0 Å². The first-order valence-corrected chi connectivity index (χ1v) is 11.8. The zero-order chi connectivity index (χ0) is 26.2. The second kappa shape index (κ2) is 8.03. The third kappa shape index (κ3) is 3.15. The van der Waals surface area contributed by atoms with Gasteiger partial charge in [-0.25, -0.2) is 13.6 Å². The number of aromatic nitrogens is 3. The quantitative estimate of drug-likeness (QED) is 0.341. The number of aryl methyl sites for hydroxylation is 3. The maximum Gasteiger partial charge on any atom is 0.331 e. The SMILES string of the molecule is Cc1ccc2c(c1)-n1c(-c3ccccc3C)c3c(=O)n(C)c(=O)n(C)c3c1[C@H](c1cccc(F)c1F)O2. The summed E-state index contributed by atoms with van der Waals surface area (Å²) < 4.78 is 40.3. The number of hydrogen-bond acceptors (Lipinski definition) is 3. The van der Waals surface area contributed by atoms with E-state index in [9.17, 15) is 14.0 Å². The van der Waals surface area contributed by atoms with Crippen LogP contribution in [0.25, 0.3) is 27.8 Å². The monoisotopic (exact) mass is 499 g/mol. The van der Waals surface area contributed by atoms with Gasteiger partial charge in [0, 0.05) is 25.2 Å². The molecule has 0 unspecified atom stereocenters. The van der Waals surface area contributed by atoms with E-state index in [2.05, 4.69) is 0 Å². The number of fused-ring (bicyclic) bond motifs is 5. The van der Waals surface area contributed by atoms with Gasteiger partial charge in [0.05, 0.1) is 28.0 Å². The highest BCUT2D eigenvalue weighted by Gasteiger charge is 2.38. The second-order valence-corrected chi connectivity index (χ2v) is 9.43. The van der Waals surface area contributed by atoms with Crippen molar-refractivity contribution in [1.29, 1.82) is 0 Å². The molecule has 0 N–H and O–H groups in total. The van der Waals surface area contributed by atoms with Crippen LogP contribution < -0.4 is 16.0 Å². The normalized spacial score (nSPS) is 14.4. The Hall–Kier alpha value is -4.46.